The summed E-state index contributed by atoms with van der Waals surface area (Å²) in [5.74, 6) is -0.533. The maximum atomic E-state index is 11.8. The van der Waals surface area contributed by atoms with E-state index < -0.39 is 24.1 Å². The van der Waals surface area contributed by atoms with Gasteiger partial charge in [-0.1, -0.05) is 0 Å². The number of hydrogen-bond acceptors (Lipinski definition) is 4. The van der Waals surface area contributed by atoms with Gasteiger partial charge in [-0.25, -0.2) is 9.59 Å². The lowest BCUT2D eigenvalue weighted by Gasteiger charge is -2.21. The molecule has 2 rings (SSSR count). The summed E-state index contributed by atoms with van der Waals surface area (Å²) in [7, 11) is 0. The second kappa shape index (κ2) is 5.09. The van der Waals surface area contributed by atoms with E-state index in [0.29, 0.717) is 5.76 Å². The topological polar surface area (TPSA) is 103 Å². The number of furan rings is 1. The zero-order valence-electron chi connectivity index (χ0n) is 9.57. The van der Waals surface area contributed by atoms with Crippen LogP contribution in [0, 0.1) is 0 Å². The molecule has 1 aromatic rings. The molecule has 1 unspecified atom stereocenters. The van der Waals surface area contributed by atoms with Crippen LogP contribution in [0.1, 0.15) is 12.2 Å². The normalized spacial score (nSPS) is 23.1. The average molecular weight is 254 g/mol. The zero-order valence-corrected chi connectivity index (χ0v) is 9.57. The second-order valence-corrected chi connectivity index (χ2v) is 4.13. The fourth-order valence-electron chi connectivity index (χ4n) is 1.95. The lowest BCUT2D eigenvalue weighted by molar-refractivity contribution is -0.141. The molecule has 0 radical (unpaired) electrons. The van der Waals surface area contributed by atoms with Crippen LogP contribution in [-0.2, 0) is 11.3 Å². The summed E-state index contributed by atoms with van der Waals surface area (Å²) >= 11 is 0. The van der Waals surface area contributed by atoms with Crippen LogP contribution < -0.4 is 5.32 Å². The molecule has 1 aliphatic heterocycles. The molecule has 0 aromatic carbocycles. The molecular weight excluding hydrogens is 240 g/mol. The highest BCUT2D eigenvalue weighted by atomic mass is 16.4. The summed E-state index contributed by atoms with van der Waals surface area (Å²) < 4.78 is 5.04. The van der Waals surface area contributed by atoms with Crippen molar-refractivity contribution >= 4 is 12.0 Å². The van der Waals surface area contributed by atoms with Crippen molar-refractivity contribution in [2.45, 2.75) is 25.1 Å². The number of aliphatic carboxylic acids is 1. The summed E-state index contributed by atoms with van der Waals surface area (Å²) in [5.41, 5.74) is 0. The molecule has 2 atom stereocenters. The Bertz CT molecular complexity index is 431. The summed E-state index contributed by atoms with van der Waals surface area (Å²) in [6.45, 7) is 0.214. The number of β-amino-alcohol motifs (C(OH)–C–C–N with tert-alkyl or cyclic N) is 1. The molecule has 7 heteroatoms. The molecule has 0 bridgehead atoms. The molecule has 2 heterocycles. The third-order valence-electron chi connectivity index (χ3n) is 2.82. The monoisotopic (exact) mass is 254 g/mol. The van der Waals surface area contributed by atoms with E-state index in [1.54, 1.807) is 12.1 Å². The van der Waals surface area contributed by atoms with E-state index in [1.807, 2.05) is 0 Å². The Morgan fingerprint density at radius 1 is 1.56 bits per heavy atom. The van der Waals surface area contributed by atoms with Crippen LogP contribution in [0.25, 0.3) is 0 Å². The molecule has 0 spiro atoms. The van der Waals surface area contributed by atoms with E-state index in [9.17, 15) is 14.7 Å². The van der Waals surface area contributed by atoms with Crippen molar-refractivity contribution in [2.24, 2.45) is 0 Å². The van der Waals surface area contributed by atoms with Crippen LogP contribution in [0.3, 0.4) is 0 Å². The number of likely N-dealkylation sites (tertiary alicyclic amines) is 1. The van der Waals surface area contributed by atoms with Crippen molar-refractivity contribution in [1.29, 1.82) is 0 Å². The van der Waals surface area contributed by atoms with Gasteiger partial charge in [-0.05, 0) is 12.1 Å². The largest absolute Gasteiger partial charge is 0.480 e. The Hall–Kier alpha value is -2.02. The number of carboxylic acid groups (broad SMARTS) is 1. The Kier molecular flexibility index (Phi) is 3.52. The van der Waals surface area contributed by atoms with E-state index in [2.05, 4.69) is 5.32 Å². The predicted molar refractivity (Wildman–Crippen MR) is 59.7 cm³/mol. The first-order valence-corrected chi connectivity index (χ1v) is 5.55. The summed E-state index contributed by atoms with van der Waals surface area (Å²) in [6, 6.07) is 1.90. The maximum Gasteiger partial charge on any atom is 0.326 e. The first-order valence-electron chi connectivity index (χ1n) is 5.55. The standard InChI is InChI=1S/C11H14N2O5/c14-7-4-9(10(15)16)13(6-7)11(17)12-5-8-2-1-3-18-8/h1-3,7,9,14H,4-6H2,(H,12,17)(H,15,16)/t7?,9-/m0/s1. The smallest absolute Gasteiger partial charge is 0.326 e. The third-order valence-corrected chi connectivity index (χ3v) is 2.82. The number of amides is 2. The predicted octanol–water partition coefficient (Wildman–Crippen LogP) is 0.00900. The maximum absolute atomic E-state index is 11.8. The van der Waals surface area contributed by atoms with Crippen LogP contribution in [-0.4, -0.2) is 45.8 Å². The van der Waals surface area contributed by atoms with Crippen LogP contribution in [0.4, 0.5) is 4.79 Å². The minimum atomic E-state index is -1.11. The van der Waals surface area contributed by atoms with Gasteiger partial charge in [-0.15, -0.1) is 0 Å². The lowest BCUT2D eigenvalue weighted by atomic mass is 10.2. The van der Waals surface area contributed by atoms with Crippen molar-refractivity contribution in [3.8, 4) is 0 Å². The Balaban J connectivity index is 1.93. The highest BCUT2D eigenvalue weighted by molar-refractivity contribution is 5.83. The molecule has 0 aliphatic carbocycles. The third kappa shape index (κ3) is 2.62. The fraction of sp³-hybridized carbons (Fsp3) is 0.455. The van der Waals surface area contributed by atoms with Crippen LogP contribution in [0.2, 0.25) is 0 Å². The van der Waals surface area contributed by atoms with Crippen LogP contribution in [0.5, 0.6) is 0 Å². The van der Waals surface area contributed by atoms with Crippen molar-refractivity contribution in [3.05, 3.63) is 24.2 Å². The molecule has 98 valence electrons. The van der Waals surface area contributed by atoms with E-state index in [1.165, 1.54) is 6.26 Å². The molecule has 1 fully saturated rings. The molecule has 1 saturated heterocycles. The number of carboxylic acids is 1. The Labute approximate surface area is 103 Å². The minimum Gasteiger partial charge on any atom is -0.480 e. The molecule has 1 aliphatic rings. The van der Waals surface area contributed by atoms with E-state index in [4.69, 9.17) is 9.52 Å². The summed E-state index contributed by atoms with van der Waals surface area (Å²) in [6.07, 6.45) is 0.755. The molecular formula is C11H14N2O5. The summed E-state index contributed by atoms with van der Waals surface area (Å²) in [5, 5.41) is 20.9. The number of nitrogens with zero attached hydrogens (tertiary/aromatic N) is 1. The fourth-order valence-corrected chi connectivity index (χ4v) is 1.95. The number of hydrogen-bond donors (Lipinski definition) is 3. The zero-order chi connectivity index (χ0) is 13.1. The number of urea groups is 1. The van der Waals surface area contributed by atoms with Gasteiger partial charge < -0.3 is 24.8 Å². The average Bonchev–Trinajstić information content (AvgIpc) is 2.94. The molecule has 0 saturated carbocycles. The molecule has 3 N–H and O–H groups in total. The van der Waals surface area contributed by atoms with Gasteiger partial charge in [0.15, 0.2) is 0 Å². The van der Waals surface area contributed by atoms with Crippen LogP contribution in [0.15, 0.2) is 22.8 Å². The minimum absolute atomic E-state index is 0.0287. The quantitative estimate of drug-likeness (QED) is 0.705. The second-order valence-electron chi connectivity index (χ2n) is 4.13. The summed E-state index contributed by atoms with van der Waals surface area (Å²) in [4.78, 5) is 23.9. The van der Waals surface area contributed by atoms with Gasteiger partial charge in [0.2, 0.25) is 0 Å². The number of carbonyl (C=O) groups is 2. The molecule has 2 amide bonds. The van der Waals surface area contributed by atoms with Gasteiger partial charge in [0.25, 0.3) is 0 Å². The van der Waals surface area contributed by atoms with Gasteiger partial charge in [0.05, 0.1) is 18.9 Å². The first-order chi connectivity index (χ1) is 8.58. The highest BCUT2D eigenvalue weighted by Gasteiger charge is 2.38. The van der Waals surface area contributed by atoms with E-state index in [0.717, 1.165) is 4.90 Å². The van der Waals surface area contributed by atoms with Crippen LogP contribution >= 0.6 is 0 Å². The number of nitrogens with one attached hydrogen (secondary N) is 1. The highest BCUT2D eigenvalue weighted by Crippen LogP contribution is 2.18. The first kappa shape index (κ1) is 12.4. The number of aliphatic hydroxyl groups is 1. The number of rotatable bonds is 3. The van der Waals surface area contributed by atoms with Crippen molar-refractivity contribution in [1.82, 2.24) is 10.2 Å². The van der Waals surface area contributed by atoms with Crippen molar-refractivity contribution < 1.29 is 24.2 Å². The lowest BCUT2D eigenvalue weighted by Crippen LogP contribution is -2.45. The number of carbonyl (C=O) groups excluding carboxylic acids is 1. The van der Waals surface area contributed by atoms with Gasteiger partial charge in [0.1, 0.15) is 11.8 Å². The van der Waals surface area contributed by atoms with Crippen molar-refractivity contribution in [2.75, 3.05) is 6.54 Å². The van der Waals surface area contributed by atoms with Gasteiger partial charge in [-0.2, -0.15) is 0 Å². The van der Waals surface area contributed by atoms with E-state index in [-0.39, 0.29) is 19.5 Å². The molecule has 1 aromatic heterocycles. The Morgan fingerprint density at radius 2 is 2.33 bits per heavy atom. The van der Waals surface area contributed by atoms with Gasteiger partial charge >= 0.3 is 12.0 Å². The van der Waals surface area contributed by atoms with Crippen molar-refractivity contribution in [3.63, 3.8) is 0 Å². The molecule has 7 nitrogen and oxygen atoms in total. The SMILES string of the molecule is O=C(O)[C@@H]1CC(O)CN1C(=O)NCc1ccco1. The van der Waals surface area contributed by atoms with Gasteiger partial charge in [-0.3, -0.25) is 0 Å². The van der Waals surface area contributed by atoms with E-state index >= 15 is 0 Å². The molecule has 18 heavy (non-hydrogen) atoms. The Morgan fingerprint density at radius 3 is 2.94 bits per heavy atom. The van der Waals surface area contributed by atoms with Gasteiger partial charge in [0, 0.05) is 13.0 Å². The number of aliphatic hydroxyl groups excluding tert-OH is 1.